The maximum atomic E-state index is 11.4. The fourth-order valence-electron chi connectivity index (χ4n) is 1.26. The second-order valence-electron chi connectivity index (χ2n) is 3.09. The van der Waals surface area contributed by atoms with E-state index in [9.17, 15) is 9.59 Å². The molecule has 72 valence electrons. The fourth-order valence-corrected chi connectivity index (χ4v) is 2.30. The van der Waals surface area contributed by atoms with Crippen LogP contribution in [0.5, 0.6) is 0 Å². The van der Waals surface area contributed by atoms with Crippen LogP contribution in [0.2, 0.25) is 0 Å². The van der Waals surface area contributed by atoms with Gasteiger partial charge in [0, 0.05) is 4.70 Å². The number of aryl methyl sites for hydroxylation is 1. The third kappa shape index (κ3) is 1.37. The van der Waals surface area contributed by atoms with Crippen molar-refractivity contribution in [1.82, 2.24) is 0 Å². The molecule has 0 unspecified atom stereocenters. The van der Waals surface area contributed by atoms with E-state index in [-0.39, 0.29) is 11.4 Å². The summed E-state index contributed by atoms with van der Waals surface area (Å²) in [5.74, 6) is 0.544. The number of thiophene rings is 1. The maximum Gasteiger partial charge on any atom is 0.344 e. The van der Waals surface area contributed by atoms with Gasteiger partial charge < -0.3 is 4.42 Å². The lowest BCUT2D eigenvalue weighted by molar-refractivity contribution is 0.102. The minimum atomic E-state index is -0.372. The van der Waals surface area contributed by atoms with Crippen molar-refractivity contribution < 1.29 is 9.21 Å². The van der Waals surface area contributed by atoms with E-state index in [1.807, 2.05) is 0 Å². The monoisotopic (exact) mass is 208 g/mol. The van der Waals surface area contributed by atoms with E-state index in [2.05, 4.69) is 0 Å². The molecule has 0 saturated heterocycles. The van der Waals surface area contributed by atoms with E-state index in [1.54, 1.807) is 19.1 Å². The third-order valence-electron chi connectivity index (χ3n) is 1.92. The zero-order valence-electron chi connectivity index (χ0n) is 7.79. The van der Waals surface area contributed by atoms with Crippen molar-refractivity contribution in [2.75, 3.05) is 0 Å². The molecule has 3 nitrogen and oxygen atoms in total. The molecule has 0 N–H and O–H groups in total. The van der Waals surface area contributed by atoms with E-state index >= 15 is 0 Å². The Morgan fingerprint density at radius 1 is 1.43 bits per heavy atom. The van der Waals surface area contributed by atoms with E-state index in [1.165, 1.54) is 18.3 Å². The van der Waals surface area contributed by atoms with Crippen molar-refractivity contribution in [1.29, 1.82) is 0 Å². The molecule has 0 aliphatic carbocycles. The summed E-state index contributed by atoms with van der Waals surface area (Å²) >= 11 is 1.32. The fraction of sp³-hybridized carbons (Fsp3) is 0.200. The van der Waals surface area contributed by atoms with Gasteiger partial charge in [0.1, 0.15) is 5.76 Å². The second kappa shape index (κ2) is 3.06. The number of rotatable bonds is 1. The van der Waals surface area contributed by atoms with Gasteiger partial charge in [-0.25, -0.2) is 4.79 Å². The molecule has 0 spiro atoms. The lowest BCUT2D eigenvalue weighted by Gasteiger charge is -1.89. The number of ketones is 1. The Bertz CT molecular complexity index is 562. The number of Topliss-reactive ketones (excluding diaryl/α,β-unsaturated/α-hetero) is 1. The minimum Gasteiger partial charge on any atom is -0.428 e. The van der Waals surface area contributed by atoms with E-state index in [0.29, 0.717) is 16.0 Å². The minimum absolute atomic E-state index is 0.0248. The number of carbonyl (C=O) groups excluding carboxylic acids is 1. The summed E-state index contributed by atoms with van der Waals surface area (Å²) in [7, 11) is 0. The van der Waals surface area contributed by atoms with Gasteiger partial charge in [-0.15, -0.1) is 11.3 Å². The van der Waals surface area contributed by atoms with Gasteiger partial charge in [0.25, 0.3) is 0 Å². The van der Waals surface area contributed by atoms with Crippen LogP contribution in [-0.2, 0) is 0 Å². The molecule has 0 aromatic carbocycles. The molecule has 0 aliphatic rings. The van der Waals surface area contributed by atoms with Gasteiger partial charge in [0.2, 0.25) is 0 Å². The van der Waals surface area contributed by atoms with E-state index in [0.717, 1.165) is 4.70 Å². The number of fused-ring (bicyclic) bond motifs is 1. The van der Waals surface area contributed by atoms with Crippen LogP contribution in [-0.4, -0.2) is 5.78 Å². The van der Waals surface area contributed by atoms with Crippen molar-refractivity contribution in [3.8, 4) is 0 Å². The van der Waals surface area contributed by atoms with Crippen LogP contribution in [0, 0.1) is 6.92 Å². The van der Waals surface area contributed by atoms with Crippen LogP contribution in [0.25, 0.3) is 10.1 Å². The Balaban J connectivity index is 2.83. The van der Waals surface area contributed by atoms with Gasteiger partial charge in [0.05, 0.1) is 10.3 Å². The van der Waals surface area contributed by atoms with Crippen LogP contribution in [0.4, 0.5) is 0 Å². The van der Waals surface area contributed by atoms with Crippen molar-refractivity contribution in [3.63, 3.8) is 0 Å². The first-order valence-corrected chi connectivity index (χ1v) is 4.95. The average Bonchev–Trinajstić information content (AvgIpc) is 2.47. The van der Waals surface area contributed by atoms with Gasteiger partial charge in [-0.05, 0) is 26.0 Å². The predicted octanol–water partition coefficient (Wildman–Crippen LogP) is 2.37. The summed E-state index contributed by atoms with van der Waals surface area (Å²) in [4.78, 5) is 23.0. The second-order valence-corrected chi connectivity index (χ2v) is 4.17. The van der Waals surface area contributed by atoms with Gasteiger partial charge in [-0.2, -0.15) is 0 Å². The summed E-state index contributed by atoms with van der Waals surface area (Å²) in [6.07, 6.45) is 0. The molecule has 0 amide bonds. The predicted molar refractivity (Wildman–Crippen MR) is 55.1 cm³/mol. The maximum absolute atomic E-state index is 11.4. The summed E-state index contributed by atoms with van der Waals surface area (Å²) < 4.78 is 5.73. The number of hydrogen-bond donors (Lipinski definition) is 0. The Morgan fingerprint density at radius 2 is 2.14 bits per heavy atom. The summed E-state index contributed by atoms with van der Waals surface area (Å²) in [5, 5.41) is 0.491. The summed E-state index contributed by atoms with van der Waals surface area (Å²) in [6.45, 7) is 3.20. The average molecular weight is 208 g/mol. The molecule has 0 atom stereocenters. The Hall–Kier alpha value is -1.42. The lowest BCUT2D eigenvalue weighted by atomic mass is 10.3. The van der Waals surface area contributed by atoms with Crippen molar-refractivity contribution in [3.05, 3.63) is 33.2 Å². The van der Waals surface area contributed by atoms with E-state index in [4.69, 9.17) is 4.42 Å². The lowest BCUT2D eigenvalue weighted by Crippen LogP contribution is -1.97. The molecule has 0 aliphatic heterocycles. The topological polar surface area (TPSA) is 47.3 Å². The number of carbonyl (C=O) groups is 1. The Kier molecular flexibility index (Phi) is 2.00. The molecule has 0 radical (unpaired) electrons. The molecule has 0 bridgehead atoms. The zero-order chi connectivity index (χ0) is 10.3. The van der Waals surface area contributed by atoms with Crippen molar-refractivity contribution in [2.24, 2.45) is 0 Å². The molecule has 2 rings (SSSR count). The highest BCUT2D eigenvalue weighted by Gasteiger charge is 2.09. The van der Waals surface area contributed by atoms with Crippen LogP contribution in [0.1, 0.15) is 22.4 Å². The first-order valence-electron chi connectivity index (χ1n) is 4.13. The van der Waals surface area contributed by atoms with Crippen molar-refractivity contribution >= 4 is 27.2 Å². The first kappa shape index (κ1) is 9.15. The summed E-state index contributed by atoms with van der Waals surface area (Å²) in [6, 6.07) is 3.36. The normalized spacial score (nSPS) is 10.7. The standard InChI is InChI=1S/C10H8O3S/c1-5-3-9-7(10(12)13-5)4-8(14-9)6(2)11/h3-4H,1-2H3. The Morgan fingerprint density at radius 3 is 2.79 bits per heavy atom. The van der Waals surface area contributed by atoms with Crippen molar-refractivity contribution in [2.45, 2.75) is 13.8 Å². The number of hydrogen-bond acceptors (Lipinski definition) is 4. The van der Waals surface area contributed by atoms with Gasteiger partial charge >= 0.3 is 5.63 Å². The smallest absolute Gasteiger partial charge is 0.344 e. The van der Waals surface area contributed by atoms with Gasteiger partial charge in [-0.3, -0.25) is 4.79 Å². The van der Waals surface area contributed by atoms with E-state index < -0.39 is 0 Å². The zero-order valence-corrected chi connectivity index (χ0v) is 8.60. The molecular formula is C10H8O3S. The first-order chi connectivity index (χ1) is 6.58. The molecule has 2 heterocycles. The van der Waals surface area contributed by atoms with Crippen LogP contribution in [0.15, 0.2) is 21.3 Å². The highest BCUT2D eigenvalue weighted by Crippen LogP contribution is 2.24. The largest absolute Gasteiger partial charge is 0.428 e. The van der Waals surface area contributed by atoms with Crippen LogP contribution >= 0.6 is 11.3 Å². The summed E-state index contributed by atoms with van der Waals surface area (Å²) in [5.41, 5.74) is -0.372. The molecule has 2 aromatic rings. The highest BCUT2D eigenvalue weighted by atomic mass is 32.1. The van der Waals surface area contributed by atoms with Gasteiger partial charge in [-0.1, -0.05) is 0 Å². The SMILES string of the molecule is CC(=O)c1cc2c(=O)oc(C)cc2s1. The Labute approximate surface area is 84.0 Å². The molecule has 0 fully saturated rings. The molecule has 0 saturated carbocycles. The van der Waals surface area contributed by atoms with Crippen LogP contribution in [0.3, 0.4) is 0 Å². The van der Waals surface area contributed by atoms with Crippen LogP contribution < -0.4 is 5.63 Å². The highest BCUT2D eigenvalue weighted by molar-refractivity contribution is 7.20. The quantitative estimate of drug-likeness (QED) is 0.676. The molecular weight excluding hydrogens is 200 g/mol. The molecule has 14 heavy (non-hydrogen) atoms. The molecule has 4 heteroatoms. The molecule has 2 aromatic heterocycles. The van der Waals surface area contributed by atoms with Gasteiger partial charge in [0.15, 0.2) is 5.78 Å². The third-order valence-corrected chi connectivity index (χ3v) is 3.10.